The van der Waals surface area contributed by atoms with Gasteiger partial charge in [-0.15, -0.1) is 22.7 Å². The monoisotopic (exact) mass is 678 g/mol. The number of aromatic nitrogens is 6. The molecule has 4 atom stereocenters. The Morgan fingerprint density at radius 2 is 1.26 bits per heavy atom. The Hall–Kier alpha value is -3.46. The number of amides is 2. The Balaban J connectivity index is 1.14. The number of aromatic amines is 2. The van der Waals surface area contributed by atoms with Crippen molar-refractivity contribution in [2.24, 2.45) is 11.8 Å². The van der Waals surface area contributed by atoms with Gasteiger partial charge in [0.25, 0.3) is 0 Å². The van der Waals surface area contributed by atoms with Crippen LogP contribution >= 0.6 is 22.7 Å². The van der Waals surface area contributed by atoms with Crippen molar-refractivity contribution in [3.8, 4) is 31.2 Å². The van der Waals surface area contributed by atoms with Crippen molar-refractivity contribution in [1.29, 1.82) is 0 Å². The van der Waals surface area contributed by atoms with Crippen LogP contribution in [0.25, 0.3) is 31.2 Å². The zero-order chi connectivity index (χ0) is 33.2. The molecule has 6 heterocycles. The number of hydrogen-bond donors (Lipinski definition) is 4. The molecule has 0 radical (unpaired) electrons. The molecular weight excluding hydrogens is 633 g/mol. The van der Waals surface area contributed by atoms with Crippen LogP contribution in [0.15, 0.2) is 24.8 Å². The van der Waals surface area contributed by atoms with Gasteiger partial charge in [-0.1, -0.05) is 34.6 Å². The second-order valence-electron chi connectivity index (χ2n) is 13.1. The van der Waals surface area contributed by atoms with Gasteiger partial charge in [0.2, 0.25) is 11.8 Å². The summed E-state index contributed by atoms with van der Waals surface area (Å²) in [5, 5.41) is 8.23. The van der Waals surface area contributed by atoms with E-state index in [9.17, 15) is 9.59 Å². The smallest absolute Gasteiger partial charge is 0.240 e. The molecule has 14 heteroatoms. The number of nitrogens with zero attached hydrogens (tertiary/aromatic N) is 6. The molecule has 0 saturated carbocycles. The highest BCUT2D eigenvalue weighted by molar-refractivity contribution is 7.24. The zero-order valence-electron chi connectivity index (χ0n) is 28.0. The maximum absolute atomic E-state index is 13.5. The molecule has 0 bridgehead atoms. The van der Waals surface area contributed by atoms with Crippen molar-refractivity contribution < 1.29 is 9.59 Å². The summed E-state index contributed by atoms with van der Waals surface area (Å²) in [6, 6.07) is -0.533. The fourth-order valence-electron chi connectivity index (χ4n) is 6.81. The Morgan fingerprint density at radius 3 is 1.68 bits per heavy atom. The summed E-state index contributed by atoms with van der Waals surface area (Å²) in [5.74, 6) is 2.30. The summed E-state index contributed by atoms with van der Waals surface area (Å²) in [5.41, 5.74) is 1.69. The first kappa shape index (κ1) is 33.4. The van der Waals surface area contributed by atoms with Gasteiger partial charge >= 0.3 is 0 Å². The topological polar surface area (TPSA) is 148 Å². The van der Waals surface area contributed by atoms with Gasteiger partial charge in [-0.3, -0.25) is 9.59 Å². The van der Waals surface area contributed by atoms with E-state index in [4.69, 9.17) is 15.0 Å². The summed E-state index contributed by atoms with van der Waals surface area (Å²) in [6.45, 7) is 12.6. The molecule has 0 spiro atoms. The predicted octanol–water partition coefficient (Wildman–Crippen LogP) is 5.25. The Morgan fingerprint density at radius 1 is 0.787 bits per heavy atom. The maximum Gasteiger partial charge on any atom is 0.240 e. The Bertz CT molecular complexity index is 1670. The van der Waals surface area contributed by atoms with Crippen molar-refractivity contribution in [2.45, 2.75) is 84.5 Å². The molecule has 2 saturated heterocycles. The molecule has 0 aromatic carbocycles. The molecular formula is C33H46N10O2S2. The van der Waals surface area contributed by atoms with E-state index in [0.717, 1.165) is 88.1 Å². The number of hydrogen-bond acceptors (Lipinski definition) is 10. The zero-order valence-corrected chi connectivity index (χ0v) is 29.7. The number of carbonyl (C=O) groups is 2. The van der Waals surface area contributed by atoms with Gasteiger partial charge < -0.3 is 30.4 Å². The van der Waals surface area contributed by atoms with Crippen LogP contribution in [-0.4, -0.2) is 90.3 Å². The van der Waals surface area contributed by atoms with Crippen LogP contribution in [0.5, 0.6) is 0 Å². The van der Waals surface area contributed by atoms with Gasteiger partial charge in [0.05, 0.1) is 57.7 Å². The van der Waals surface area contributed by atoms with E-state index in [1.165, 1.54) is 0 Å². The molecule has 2 aliphatic rings. The van der Waals surface area contributed by atoms with Gasteiger partial charge in [0, 0.05) is 25.5 Å². The van der Waals surface area contributed by atoms with Gasteiger partial charge in [-0.05, 0) is 51.1 Å². The maximum atomic E-state index is 13.5. The summed E-state index contributed by atoms with van der Waals surface area (Å²) in [4.78, 5) is 58.5. The van der Waals surface area contributed by atoms with Crippen molar-refractivity contribution in [3.05, 3.63) is 36.4 Å². The van der Waals surface area contributed by atoms with Crippen LogP contribution in [0.3, 0.4) is 0 Å². The Kier molecular flexibility index (Phi) is 10.2. The van der Waals surface area contributed by atoms with E-state index < -0.39 is 0 Å². The van der Waals surface area contributed by atoms with Crippen LogP contribution < -0.4 is 10.6 Å². The fraction of sp³-hybridized carbons (Fsp3) is 0.576. The second-order valence-corrected chi connectivity index (χ2v) is 15.2. The second kappa shape index (κ2) is 14.3. The van der Waals surface area contributed by atoms with E-state index in [1.807, 2.05) is 48.6 Å². The number of imidazole rings is 2. The largest absolute Gasteiger partial charge is 0.338 e. The quantitative estimate of drug-likeness (QED) is 0.159. The molecule has 2 aliphatic heterocycles. The van der Waals surface area contributed by atoms with Gasteiger partial charge in [0.1, 0.15) is 21.7 Å². The minimum atomic E-state index is -0.212. The summed E-state index contributed by atoms with van der Waals surface area (Å²) in [7, 11) is 1.85. The molecule has 12 nitrogen and oxygen atoms in total. The average molecular weight is 679 g/mol. The third kappa shape index (κ3) is 6.78. The number of rotatable bonds is 12. The van der Waals surface area contributed by atoms with Crippen molar-refractivity contribution in [3.63, 3.8) is 0 Å². The molecule has 2 fully saturated rings. The van der Waals surface area contributed by atoms with E-state index in [1.54, 1.807) is 22.7 Å². The first-order chi connectivity index (χ1) is 22.7. The first-order valence-corrected chi connectivity index (χ1v) is 18.4. The average Bonchev–Trinajstić information content (AvgIpc) is 3.88. The SMILES string of the molecule is CCN[C@H](C(=O)N1CCC[C@H]1c1ncc(-c2ncc(-c3cnc(-c4cnc([C@@H]5CCCN5C(=O)[C@@H](NC)C(C)C)[nH]4)s3)s2)[nH]1)C(C)C. The van der Waals surface area contributed by atoms with Crippen molar-refractivity contribution in [2.75, 3.05) is 26.7 Å². The highest BCUT2D eigenvalue weighted by Crippen LogP contribution is 2.39. The molecule has 0 unspecified atom stereocenters. The highest BCUT2D eigenvalue weighted by atomic mass is 32.1. The highest BCUT2D eigenvalue weighted by Gasteiger charge is 2.37. The summed E-state index contributed by atoms with van der Waals surface area (Å²) in [6.07, 6.45) is 11.1. The van der Waals surface area contributed by atoms with E-state index in [0.29, 0.717) is 0 Å². The number of likely N-dealkylation sites (tertiary alicyclic amines) is 2. The van der Waals surface area contributed by atoms with E-state index in [2.05, 4.69) is 53.3 Å². The lowest BCUT2D eigenvalue weighted by Crippen LogP contribution is -2.49. The fourth-order valence-corrected chi connectivity index (χ4v) is 8.63. The summed E-state index contributed by atoms with van der Waals surface area (Å²) < 4.78 is 0. The van der Waals surface area contributed by atoms with Crippen LogP contribution in [0, 0.1) is 11.8 Å². The van der Waals surface area contributed by atoms with Gasteiger partial charge in [-0.25, -0.2) is 19.9 Å². The third-order valence-corrected chi connectivity index (χ3v) is 11.5. The normalized spacial score (nSPS) is 19.7. The van der Waals surface area contributed by atoms with Crippen LogP contribution in [0.4, 0.5) is 0 Å². The molecule has 6 rings (SSSR count). The number of thiazole rings is 2. The number of H-pyrrole nitrogens is 2. The van der Waals surface area contributed by atoms with Crippen LogP contribution in [0.1, 0.15) is 84.0 Å². The minimum absolute atomic E-state index is 0.0617. The van der Waals surface area contributed by atoms with Gasteiger partial charge in [0.15, 0.2) is 0 Å². The lowest BCUT2D eigenvalue weighted by atomic mass is 10.0. The van der Waals surface area contributed by atoms with Crippen LogP contribution in [-0.2, 0) is 9.59 Å². The van der Waals surface area contributed by atoms with Crippen LogP contribution in [0.2, 0.25) is 0 Å². The third-order valence-electron chi connectivity index (χ3n) is 9.21. The van der Waals surface area contributed by atoms with Crippen molar-refractivity contribution in [1.82, 2.24) is 50.3 Å². The lowest BCUT2D eigenvalue weighted by Gasteiger charge is -2.30. The van der Waals surface area contributed by atoms with Crippen molar-refractivity contribution >= 4 is 34.5 Å². The van der Waals surface area contributed by atoms with E-state index >= 15 is 0 Å². The molecule has 4 N–H and O–H groups in total. The molecule has 2 amide bonds. The summed E-state index contributed by atoms with van der Waals surface area (Å²) >= 11 is 3.17. The van der Waals surface area contributed by atoms with Gasteiger partial charge in [-0.2, -0.15) is 0 Å². The van der Waals surface area contributed by atoms with E-state index in [-0.39, 0.29) is 47.8 Å². The molecule has 4 aromatic rings. The first-order valence-electron chi connectivity index (χ1n) is 16.7. The number of carbonyl (C=O) groups excluding carboxylic acids is 2. The Labute approximate surface area is 284 Å². The molecule has 0 aliphatic carbocycles. The minimum Gasteiger partial charge on any atom is -0.338 e. The molecule has 252 valence electrons. The molecule has 4 aromatic heterocycles. The standard InChI is InChI=1S/C33H46N10O2S2/c1-7-35-27(19(4)5)33(45)43-13-9-11-23(43)29-37-15-21(41-29)31-39-17-25(47-31)24-16-38-30(46-24)20-14-36-28(40-20)22-10-8-12-42(22)32(44)26(34-6)18(2)3/h14-19,22-23,26-27,34-35H,7-13H2,1-6H3,(H,36,40)(H,37,41)/t22-,23-,26-,27-/m0/s1. The number of nitrogens with one attached hydrogen (secondary N) is 4. The predicted molar refractivity (Wildman–Crippen MR) is 186 cm³/mol. The molecule has 47 heavy (non-hydrogen) atoms. The lowest BCUT2D eigenvalue weighted by molar-refractivity contribution is -0.136. The number of likely N-dealkylation sites (N-methyl/N-ethyl adjacent to an activating group) is 2.